The van der Waals surface area contributed by atoms with E-state index in [-0.39, 0.29) is 31.4 Å². The van der Waals surface area contributed by atoms with Gasteiger partial charge in [0.2, 0.25) is 0 Å². The molecule has 41 heavy (non-hydrogen) atoms. The number of amides is 1. The molecule has 220 valence electrons. The smallest absolute Gasteiger partial charge is 0.387 e. The standard InChI is InChI=1S/C28H36F2N6O4Si/c1-28(2,3)33-26(38)20-16-35(17-39-12-13-41(4,5)6)25-24(20)32-21(15-31-25)23-19-14-18(40-27(29)30)8-9-22(19)36(34-23)10-7-11-37/h8-9,11,14-16,27H,7,10,12-13,17H2,1-6H3,(H,33,38). The Morgan fingerprint density at radius 2 is 1.98 bits per heavy atom. The number of aryl methyl sites for hydroxylation is 1. The Labute approximate surface area is 238 Å². The second kappa shape index (κ2) is 12.0. The lowest BCUT2D eigenvalue weighted by atomic mass is 10.1. The van der Waals surface area contributed by atoms with Crippen molar-refractivity contribution in [1.29, 1.82) is 0 Å². The van der Waals surface area contributed by atoms with Crippen molar-refractivity contribution >= 4 is 42.3 Å². The van der Waals surface area contributed by atoms with E-state index < -0.39 is 20.2 Å². The molecule has 3 heterocycles. The van der Waals surface area contributed by atoms with Gasteiger partial charge < -0.3 is 24.2 Å². The third-order valence-electron chi connectivity index (χ3n) is 6.17. The van der Waals surface area contributed by atoms with Gasteiger partial charge in [-0.3, -0.25) is 9.48 Å². The van der Waals surface area contributed by atoms with Crippen LogP contribution >= 0.6 is 0 Å². The highest BCUT2D eigenvalue weighted by Crippen LogP contribution is 2.32. The maximum Gasteiger partial charge on any atom is 0.387 e. The van der Waals surface area contributed by atoms with Gasteiger partial charge in [0.25, 0.3) is 5.91 Å². The minimum absolute atomic E-state index is 0.0374. The number of carbonyl (C=O) groups excluding carboxylic acids is 2. The molecule has 0 radical (unpaired) electrons. The number of aldehydes is 1. The molecule has 0 unspecified atom stereocenters. The number of benzene rings is 1. The Balaban J connectivity index is 1.81. The van der Waals surface area contributed by atoms with Crippen LogP contribution in [0.1, 0.15) is 37.6 Å². The summed E-state index contributed by atoms with van der Waals surface area (Å²) in [6, 6.07) is 5.48. The molecule has 0 aliphatic heterocycles. The Morgan fingerprint density at radius 1 is 1.22 bits per heavy atom. The van der Waals surface area contributed by atoms with E-state index in [2.05, 4.69) is 39.8 Å². The van der Waals surface area contributed by atoms with Crippen molar-refractivity contribution in [2.75, 3.05) is 6.61 Å². The average molecular weight is 587 g/mol. The number of nitrogens with one attached hydrogen (secondary N) is 1. The van der Waals surface area contributed by atoms with E-state index in [0.717, 1.165) is 12.3 Å². The molecule has 4 rings (SSSR count). The fraction of sp³-hybridized carbons (Fsp3) is 0.464. The average Bonchev–Trinajstić information content (AvgIpc) is 3.41. The Hall–Kier alpha value is -3.71. The van der Waals surface area contributed by atoms with E-state index in [4.69, 9.17) is 9.72 Å². The second-order valence-electron chi connectivity index (χ2n) is 12.1. The highest BCUT2D eigenvalue weighted by atomic mass is 28.3. The largest absolute Gasteiger partial charge is 0.435 e. The van der Waals surface area contributed by atoms with Crippen molar-refractivity contribution < 1.29 is 27.8 Å². The zero-order valence-electron chi connectivity index (χ0n) is 24.2. The highest BCUT2D eigenvalue weighted by molar-refractivity contribution is 6.76. The van der Waals surface area contributed by atoms with Crippen molar-refractivity contribution in [3.63, 3.8) is 0 Å². The van der Waals surface area contributed by atoms with Crippen LogP contribution in [-0.2, 0) is 22.8 Å². The summed E-state index contributed by atoms with van der Waals surface area (Å²) < 4.78 is 39.8. The quantitative estimate of drug-likeness (QED) is 0.133. The van der Waals surface area contributed by atoms with Gasteiger partial charge in [-0.2, -0.15) is 13.9 Å². The van der Waals surface area contributed by atoms with E-state index in [1.54, 1.807) is 21.5 Å². The fourth-order valence-electron chi connectivity index (χ4n) is 4.25. The van der Waals surface area contributed by atoms with E-state index in [9.17, 15) is 18.4 Å². The van der Waals surface area contributed by atoms with Crippen molar-refractivity contribution in [3.8, 4) is 17.1 Å². The van der Waals surface area contributed by atoms with Crippen LogP contribution in [-0.4, -0.2) is 63.3 Å². The summed E-state index contributed by atoms with van der Waals surface area (Å²) in [5.41, 5.74) is 1.97. The molecule has 0 fully saturated rings. The first-order valence-corrected chi connectivity index (χ1v) is 17.1. The molecule has 0 saturated carbocycles. The Bertz CT molecular complexity index is 1560. The summed E-state index contributed by atoms with van der Waals surface area (Å²) in [5, 5.41) is 8.10. The molecule has 0 aliphatic rings. The maximum absolute atomic E-state index is 13.3. The third-order valence-corrected chi connectivity index (χ3v) is 7.88. The van der Waals surface area contributed by atoms with Gasteiger partial charge in [-0.15, -0.1) is 0 Å². The van der Waals surface area contributed by atoms with Crippen molar-refractivity contribution in [1.82, 2.24) is 29.6 Å². The maximum atomic E-state index is 13.3. The summed E-state index contributed by atoms with van der Waals surface area (Å²) in [6.45, 7) is 10.6. The molecule has 13 heteroatoms. The number of aromatic nitrogens is 5. The van der Waals surface area contributed by atoms with Crippen molar-refractivity contribution in [3.05, 3.63) is 36.2 Å². The lowest BCUT2D eigenvalue weighted by Gasteiger charge is -2.20. The van der Waals surface area contributed by atoms with Crippen LogP contribution in [0.3, 0.4) is 0 Å². The summed E-state index contributed by atoms with van der Waals surface area (Å²) in [5.74, 6) is -0.353. The molecule has 0 bridgehead atoms. The van der Waals surface area contributed by atoms with E-state index >= 15 is 0 Å². The molecule has 1 N–H and O–H groups in total. The first kappa shape index (κ1) is 30.3. The van der Waals surface area contributed by atoms with Gasteiger partial charge in [0.05, 0.1) is 17.3 Å². The molecular formula is C28H36F2N6O4Si. The van der Waals surface area contributed by atoms with Crippen molar-refractivity contribution in [2.45, 2.75) is 78.3 Å². The van der Waals surface area contributed by atoms with Crippen LogP contribution in [0.25, 0.3) is 33.5 Å². The molecular weight excluding hydrogens is 550 g/mol. The number of hydrogen-bond donors (Lipinski definition) is 1. The van der Waals surface area contributed by atoms with Crippen molar-refractivity contribution in [2.24, 2.45) is 0 Å². The van der Waals surface area contributed by atoms with Gasteiger partial charge in [-0.25, -0.2) is 9.97 Å². The number of carbonyl (C=O) groups is 2. The van der Waals surface area contributed by atoms with Crippen LogP contribution in [0, 0.1) is 0 Å². The number of rotatable bonds is 12. The Kier molecular flexibility index (Phi) is 8.88. The van der Waals surface area contributed by atoms with Gasteiger partial charge in [0.15, 0.2) is 5.65 Å². The minimum atomic E-state index is -2.99. The van der Waals surface area contributed by atoms with E-state index in [1.165, 1.54) is 18.3 Å². The number of hydrogen-bond acceptors (Lipinski definition) is 7. The van der Waals surface area contributed by atoms with Gasteiger partial charge in [-0.1, -0.05) is 19.6 Å². The third kappa shape index (κ3) is 7.53. The predicted octanol–water partition coefficient (Wildman–Crippen LogP) is 5.48. The minimum Gasteiger partial charge on any atom is -0.435 e. The summed E-state index contributed by atoms with van der Waals surface area (Å²) in [4.78, 5) is 33.8. The molecule has 0 atom stereocenters. The molecule has 0 spiro atoms. The monoisotopic (exact) mass is 586 g/mol. The number of ether oxygens (including phenoxy) is 2. The van der Waals surface area contributed by atoms with Crippen LogP contribution in [0.5, 0.6) is 5.75 Å². The summed E-state index contributed by atoms with van der Waals surface area (Å²) in [7, 11) is -1.28. The van der Waals surface area contributed by atoms with E-state index in [1.807, 2.05) is 20.8 Å². The van der Waals surface area contributed by atoms with Gasteiger partial charge in [-0.05, 0) is 45.0 Å². The number of halogens is 2. The fourth-order valence-corrected chi connectivity index (χ4v) is 5.01. The van der Waals surface area contributed by atoms with E-state index in [0.29, 0.717) is 45.6 Å². The molecule has 4 aromatic rings. The second-order valence-corrected chi connectivity index (χ2v) is 17.7. The number of fused-ring (bicyclic) bond motifs is 2. The van der Waals surface area contributed by atoms with Gasteiger partial charge in [0.1, 0.15) is 35.7 Å². The Morgan fingerprint density at radius 3 is 2.63 bits per heavy atom. The summed E-state index contributed by atoms with van der Waals surface area (Å²) >= 11 is 0. The molecule has 10 nitrogen and oxygen atoms in total. The normalized spacial score (nSPS) is 12.4. The van der Waals surface area contributed by atoms with Crippen LogP contribution in [0.2, 0.25) is 25.7 Å². The first-order valence-electron chi connectivity index (χ1n) is 13.4. The molecule has 1 amide bonds. The predicted molar refractivity (Wildman–Crippen MR) is 155 cm³/mol. The summed E-state index contributed by atoms with van der Waals surface area (Å²) in [6.07, 6.45) is 4.20. The number of nitrogens with zero attached hydrogens (tertiary/aromatic N) is 5. The molecule has 3 aromatic heterocycles. The molecule has 0 saturated heterocycles. The SMILES string of the molecule is CC(C)(C)NC(=O)c1cn(COCC[Si](C)(C)C)c2ncc(-c3nn(CCC=O)c4ccc(OC(F)F)cc34)nc12. The zero-order valence-corrected chi connectivity index (χ0v) is 25.2. The lowest BCUT2D eigenvalue weighted by Crippen LogP contribution is -2.40. The van der Waals surface area contributed by atoms with Gasteiger partial charge >= 0.3 is 6.61 Å². The number of alkyl halides is 2. The molecule has 1 aromatic carbocycles. The topological polar surface area (TPSA) is 113 Å². The zero-order chi connectivity index (χ0) is 29.9. The highest BCUT2D eigenvalue weighted by Gasteiger charge is 2.24. The first-order chi connectivity index (χ1) is 19.3. The van der Waals surface area contributed by atoms with Crippen LogP contribution in [0.15, 0.2) is 30.6 Å². The lowest BCUT2D eigenvalue weighted by molar-refractivity contribution is -0.108. The molecule has 0 aliphatic carbocycles. The van der Waals surface area contributed by atoms with Crippen LogP contribution in [0.4, 0.5) is 8.78 Å². The van der Waals surface area contributed by atoms with Gasteiger partial charge in [0, 0.05) is 44.8 Å². The van der Waals surface area contributed by atoms with Crippen LogP contribution < -0.4 is 10.1 Å².